The van der Waals surface area contributed by atoms with Crippen LogP contribution in [0.25, 0.3) is 0 Å². The van der Waals surface area contributed by atoms with Crippen molar-refractivity contribution in [1.29, 1.82) is 0 Å². The van der Waals surface area contributed by atoms with Crippen LogP contribution in [0.4, 0.5) is 10.6 Å². The number of nitrogens with one attached hydrogen (secondary N) is 1. The van der Waals surface area contributed by atoms with Crippen LogP contribution in [0.2, 0.25) is 5.15 Å². The molecule has 8 nitrogen and oxygen atoms in total. The number of fused-ring (bicyclic) bond motifs is 2. The molecule has 36 heavy (non-hydrogen) atoms. The zero-order valence-corrected chi connectivity index (χ0v) is 24.3. The fourth-order valence-electron chi connectivity index (χ4n) is 6.43. The molecule has 1 aromatic rings. The molecule has 10 heteroatoms. The van der Waals surface area contributed by atoms with Gasteiger partial charge in [-0.3, -0.25) is 4.79 Å². The largest absolute Gasteiger partial charge is 0.353 e. The third kappa shape index (κ3) is 6.39. The summed E-state index contributed by atoms with van der Waals surface area (Å²) in [6, 6.07) is 2.06. The predicted octanol–water partition coefficient (Wildman–Crippen LogP) is 4.67. The minimum absolute atomic E-state index is 0.0210. The van der Waals surface area contributed by atoms with E-state index < -0.39 is 0 Å². The molecule has 0 spiro atoms. The molecule has 0 aromatic carbocycles. The van der Waals surface area contributed by atoms with Crippen LogP contribution in [-0.4, -0.2) is 81.3 Å². The Morgan fingerprint density at radius 3 is 2.56 bits per heavy atom. The van der Waals surface area contributed by atoms with Gasteiger partial charge >= 0.3 is 6.03 Å². The average Bonchev–Trinajstić information content (AvgIpc) is 2.98. The van der Waals surface area contributed by atoms with Crippen LogP contribution in [0.15, 0.2) is 11.2 Å². The number of urea groups is 1. The summed E-state index contributed by atoms with van der Waals surface area (Å²) in [5, 5.41) is 3.92. The van der Waals surface area contributed by atoms with Gasteiger partial charge in [0.1, 0.15) is 11.0 Å². The molecule has 2 saturated heterocycles. The van der Waals surface area contributed by atoms with Crippen LogP contribution in [-0.2, 0) is 4.79 Å². The second kappa shape index (κ2) is 9.86. The van der Waals surface area contributed by atoms with E-state index in [0.29, 0.717) is 41.7 Å². The monoisotopic (exact) mass is 536 g/mol. The van der Waals surface area contributed by atoms with Crippen LogP contribution >= 0.6 is 23.4 Å². The van der Waals surface area contributed by atoms with Crippen molar-refractivity contribution in [1.82, 2.24) is 25.1 Å². The number of halogens is 1. The molecule has 1 N–H and O–H groups in total. The van der Waals surface area contributed by atoms with Crippen molar-refractivity contribution in [2.45, 2.75) is 90.5 Å². The van der Waals surface area contributed by atoms with E-state index in [1.54, 1.807) is 6.07 Å². The van der Waals surface area contributed by atoms with Gasteiger partial charge in [0.15, 0.2) is 5.16 Å². The van der Waals surface area contributed by atoms with Gasteiger partial charge in [-0.05, 0) is 57.8 Å². The average molecular weight is 537 g/mol. The molecule has 0 radical (unpaired) electrons. The van der Waals surface area contributed by atoms with Gasteiger partial charge in [0.2, 0.25) is 5.91 Å². The summed E-state index contributed by atoms with van der Waals surface area (Å²) in [4.78, 5) is 41.1. The van der Waals surface area contributed by atoms with E-state index in [2.05, 4.69) is 40.9 Å². The molecule has 3 atom stereocenters. The van der Waals surface area contributed by atoms with Crippen molar-refractivity contribution in [2.75, 3.05) is 36.8 Å². The number of amides is 3. The summed E-state index contributed by atoms with van der Waals surface area (Å²) in [5.74, 6) is 1.20. The van der Waals surface area contributed by atoms with E-state index in [1.807, 2.05) is 32.6 Å². The topological polar surface area (TPSA) is 81.7 Å². The number of aromatic nitrogens is 2. The zero-order valence-electron chi connectivity index (χ0n) is 22.7. The van der Waals surface area contributed by atoms with Crippen molar-refractivity contribution in [2.24, 2.45) is 10.8 Å². The Labute approximate surface area is 224 Å². The minimum Gasteiger partial charge on any atom is -0.353 e. The second-order valence-electron chi connectivity index (χ2n) is 13.0. The van der Waals surface area contributed by atoms with E-state index in [1.165, 1.54) is 11.8 Å². The SMILES string of the molecule is CC1CN(c2cc(Cl)nc(SCC(=O)N3CC4(C)CC3CC(C)(C)C4)n2)CCN1C(=O)NC(C)(C)C. The first kappa shape index (κ1) is 27.3. The maximum absolute atomic E-state index is 13.2. The zero-order chi connectivity index (χ0) is 26.5. The number of anilines is 1. The molecule has 3 fully saturated rings. The van der Waals surface area contributed by atoms with Crippen molar-refractivity contribution in [3.8, 4) is 0 Å². The van der Waals surface area contributed by atoms with Gasteiger partial charge in [0, 0.05) is 49.9 Å². The lowest BCUT2D eigenvalue weighted by atomic mass is 9.65. The molecular formula is C26H41ClN6O2S. The molecule has 3 unspecified atom stereocenters. The summed E-state index contributed by atoms with van der Waals surface area (Å²) in [7, 11) is 0. The molecule has 1 saturated carbocycles. The molecule has 3 heterocycles. The summed E-state index contributed by atoms with van der Waals surface area (Å²) in [6.07, 6.45) is 3.33. The first-order chi connectivity index (χ1) is 16.6. The number of hydrogen-bond donors (Lipinski definition) is 1. The number of nitrogens with zero attached hydrogens (tertiary/aromatic N) is 5. The van der Waals surface area contributed by atoms with Gasteiger partial charge in [0.25, 0.3) is 0 Å². The summed E-state index contributed by atoms with van der Waals surface area (Å²) in [6.45, 7) is 17.7. The fraction of sp³-hybridized carbons (Fsp3) is 0.769. The van der Waals surface area contributed by atoms with Crippen LogP contribution in [0, 0.1) is 10.8 Å². The normalized spacial score (nSPS) is 27.8. The highest BCUT2D eigenvalue weighted by molar-refractivity contribution is 7.99. The molecule has 1 aliphatic carbocycles. The number of hydrogen-bond acceptors (Lipinski definition) is 6. The third-order valence-electron chi connectivity index (χ3n) is 7.42. The fourth-order valence-corrected chi connectivity index (χ4v) is 7.40. The predicted molar refractivity (Wildman–Crippen MR) is 146 cm³/mol. The lowest BCUT2D eigenvalue weighted by Gasteiger charge is -2.41. The Morgan fingerprint density at radius 1 is 1.17 bits per heavy atom. The first-order valence-electron chi connectivity index (χ1n) is 12.9. The van der Waals surface area contributed by atoms with Crippen LogP contribution in [0.1, 0.15) is 67.7 Å². The maximum atomic E-state index is 13.2. The molecule has 4 rings (SSSR count). The number of carbonyl (C=O) groups excluding carboxylic acids is 2. The van der Waals surface area contributed by atoms with E-state index in [4.69, 9.17) is 16.6 Å². The van der Waals surface area contributed by atoms with Gasteiger partial charge in [-0.1, -0.05) is 44.1 Å². The number of carbonyl (C=O) groups is 2. The van der Waals surface area contributed by atoms with Gasteiger partial charge in [-0.2, -0.15) is 0 Å². The molecule has 2 bridgehead atoms. The highest BCUT2D eigenvalue weighted by Gasteiger charge is 2.50. The summed E-state index contributed by atoms with van der Waals surface area (Å²) in [5.41, 5.74) is 0.216. The molecule has 2 aliphatic heterocycles. The Balaban J connectivity index is 1.37. The van der Waals surface area contributed by atoms with Gasteiger partial charge in [-0.15, -0.1) is 0 Å². The highest BCUT2D eigenvalue weighted by atomic mass is 35.5. The van der Waals surface area contributed by atoms with E-state index in [9.17, 15) is 9.59 Å². The lowest BCUT2D eigenvalue weighted by molar-refractivity contribution is -0.129. The Morgan fingerprint density at radius 2 is 1.89 bits per heavy atom. The van der Waals surface area contributed by atoms with Crippen LogP contribution in [0.5, 0.6) is 0 Å². The number of likely N-dealkylation sites (tertiary alicyclic amines) is 1. The molecular weight excluding hydrogens is 496 g/mol. The van der Waals surface area contributed by atoms with E-state index in [-0.39, 0.29) is 34.3 Å². The Hall–Kier alpha value is -1.74. The third-order valence-corrected chi connectivity index (χ3v) is 8.44. The Kier molecular flexibility index (Phi) is 7.47. The van der Waals surface area contributed by atoms with Gasteiger partial charge in [0.05, 0.1) is 5.75 Å². The molecule has 200 valence electrons. The Bertz CT molecular complexity index is 1010. The van der Waals surface area contributed by atoms with E-state index >= 15 is 0 Å². The highest BCUT2D eigenvalue weighted by Crippen LogP contribution is 2.52. The number of piperazine rings is 1. The molecule has 3 aliphatic rings. The van der Waals surface area contributed by atoms with Crippen LogP contribution < -0.4 is 10.2 Å². The quantitative estimate of drug-likeness (QED) is 0.342. The molecule has 3 amide bonds. The van der Waals surface area contributed by atoms with Gasteiger partial charge < -0.3 is 20.0 Å². The van der Waals surface area contributed by atoms with Crippen molar-refractivity contribution in [3.63, 3.8) is 0 Å². The lowest BCUT2D eigenvalue weighted by Crippen LogP contribution is -2.59. The van der Waals surface area contributed by atoms with Crippen molar-refractivity contribution < 1.29 is 9.59 Å². The smallest absolute Gasteiger partial charge is 0.318 e. The van der Waals surface area contributed by atoms with Crippen molar-refractivity contribution in [3.05, 3.63) is 11.2 Å². The van der Waals surface area contributed by atoms with Gasteiger partial charge in [-0.25, -0.2) is 14.8 Å². The summed E-state index contributed by atoms with van der Waals surface area (Å²) >= 11 is 7.72. The minimum atomic E-state index is -0.278. The second-order valence-corrected chi connectivity index (χ2v) is 14.4. The summed E-state index contributed by atoms with van der Waals surface area (Å²) < 4.78 is 0. The maximum Gasteiger partial charge on any atom is 0.318 e. The van der Waals surface area contributed by atoms with Crippen LogP contribution in [0.3, 0.4) is 0 Å². The number of rotatable bonds is 4. The van der Waals surface area contributed by atoms with E-state index in [0.717, 1.165) is 31.6 Å². The number of thioether (sulfide) groups is 1. The molecule has 1 aromatic heterocycles. The standard InChI is InChI=1S/C26H41ClN6O2S/c1-17-13-31(8-9-32(17)23(35)30-24(2,3)4)20-10-19(27)28-22(29-20)36-14-21(34)33-16-26(7)12-18(33)11-25(5,6)15-26/h10,17-18H,8-9,11-16H2,1-7H3,(H,30,35). The van der Waals surface area contributed by atoms with Crippen molar-refractivity contribution >= 4 is 41.1 Å². The first-order valence-corrected chi connectivity index (χ1v) is 14.3.